The van der Waals surface area contributed by atoms with Crippen molar-refractivity contribution in [3.05, 3.63) is 35.3 Å². The van der Waals surface area contributed by atoms with Gasteiger partial charge in [0, 0.05) is 0 Å². The van der Waals surface area contributed by atoms with E-state index in [9.17, 15) is 4.79 Å². The van der Waals surface area contributed by atoms with Gasteiger partial charge in [0.25, 0.3) is 5.91 Å². The van der Waals surface area contributed by atoms with Gasteiger partial charge in [0.05, 0.1) is 21.7 Å². The van der Waals surface area contributed by atoms with Crippen molar-refractivity contribution in [3.63, 3.8) is 0 Å². The van der Waals surface area contributed by atoms with Gasteiger partial charge in [0.1, 0.15) is 5.03 Å². The zero-order valence-corrected chi connectivity index (χ0v) is 9.85. The Morgan fingerprint density at radius 2 is 2.31 bits per heavy atom. The number of anilines is 1. The van der Waals surface area contributed by atoms with Crippen LogP contribution in [-0.4, -0.2) is 10.9 Å². The summed E-state index contributed by atoms with van der Waals surface area (Å²) in [5, 5.41) is 2.55. The molecule has 2 rings (SSSR count). The van der Waals surface area contributed by atoms with Gasteiger partial charge in [0.15, 0.2) is 0 Å². The number of hydrogen-bond donors (Lipinski definition) is 2. The lowest BCUT2D eigenvalue weighted by molar-refractivity contribution is 0.0997. The maximum atomic E-state index is 11.2. The van der Waals surface area contributed by atoms with E-state index in [2.05, 4.69) is 4.98 Å². The van der Waals surface area contributed by atoms with Crippen LogP contribution in [0.4, 0.5) is 5.69 Å². The van der Waals surface area contributed by atoms with Gasteiger partial charge in [0.2, 0.25) is 0 Å². The highest BCUT2D eigenvalue weighted by Crippen LogP contribution is 2.32. The summed E-state index contributed by atoms with van der Waals surface area (Å²) in [5.74, 6) is -0.515. The van der Waals surface area contributed by atoms with Crippen molar-refractivity contribution in [2.75, 3.05) is 5.73 Å². The number of thiophene rings is 1. The van der Waals surface area contributed by atoms with Gasteiger partial charge >= 0.3 is 0 Å². The SMILES string of the molecule is NC(=O)c1cc(N)cnc1Sc1cccs1. The van der Waals surface area contributed by atoms with E-state index >= 15 is 0 Å². The van der Waals surface area contributed by atoms with Crippen molar-refractivity contribution in [3.8, 4) is 0 Å². The van der Waals surface area contributed by atoms with Crippen LogP contribution in [0.3, 0.4) is 0 Å². The molecular weight excluding hydrogens is 242 g/mol. The molecule has 82 valence electrons. The standard InChI is InChI=1S/C10H9N3OS2/c11-6-4-7(9(12)14)10(13-5-6)16-8-2-1-3-15-8/h1-5H,11H2,(H2,12,14). The highest BCUT2D eigenvalue weighted by Gasteiger charge is 2.11. The molecule has 0 aromatic carbocycles. The smallest absolute Gasteiger partial charge is 0.251 e. The summed E-state index contributed by atoms with van der Waals surface area (Å²) >= 11 is 2.99. The predicted octanol–water partition coefficient (Wildman–Crippen LogP) is 1.98. The highest BCUT2D eigenvalue weighted by molar-refractivity contribution is 8.01. The third kappa shape index (κ3) is 2.34. The van der Waals surface area contributed by atoms with Crippen molar-refractivity contribution < 1.29 is 4.79 Å². The molecule has 4 N–H and O–H groups in total. The number of nitrogens with zero attached hydrogens (tertiary/aromatic N) is 1. The second-order valence-electron chi connectivity index (χ2n) is 3.02. The number of carbonyl (C=O) groups excluding carboxylic acids is 1. The lowest BCUT2D eigenvalue weighted by Crippen LogP contribution is -2.13. The Bertz CT molecular complexity index is 511. The minimum Gasteiger partial charge on any atom is -0.397 e. The molecule has 0 saturated carbocycles. The van der Waals surface area contributed by atoms with Crippen molar-refractivity contribution in [1.82, 2.24) is 4.98 Å². The van der Waals surface area contributed by atoms with Gasteiger partial charge in [-0.05, 0) is 17.5 Å². The number of primary amides is 1. The van der Waals surface area contributed by atoms with Gasteiger partial charge in [-0.3, -0.25) is 4.79 Å². The van der Waals surface area contributed by atoms with E-state index in [-0.39, 0.29) is 0 Å². The maximum absolute atomic E-state index is 11.2. The fraction of sp³-hybridized carbons (Fsp3) is 0. The van der Waals surface area contributed by atoms with Gasteiger partial charge in [-0.25, -0.2) is 4.98 Å². The molecule has 0 saturated heterocycles. The van der Waals surface area contributed by atoms with Crippen LogP contribution in [-0.2, 0) is 0 Å². The number of pyridine rings is 1. The molecule has 1 amide bonds. The number of amides is 1. The molecule has 4 nitrogen and oxygen atoms in total. The Hall–Kier alpha value is -1.53. The van der Waals surface area contributed by atoms with Crippen LogP contribution in [0.15, 0.2) is 39.0 Å². The Morgan fingerprint density at radius 1 is 1.50 bits per heavy atom. The van der Waals surface area contributed by atoms with Crippen molar-refractivity contribution >= 4 is 34.7 Å². The minimum atomic E-state index is -0.515. The molecule has 2 aromatic rings. The maximum Gasteiger partial charge on any atom is 0.251 e. The van der Waals surface area contributed by atoms with Crippen LogP contribution in [0.1, 0.15) is 10.4 Å². The lowest BCUT2D eigenvalue weighted by atomic mass is 10.2. The van der Waals surface area contributed by atoms with E-state index in [1.807, 2.05) is 17.5 Å². The molecule has 16 heavy (non-hydrogen) atoms. The molecule has 6 heteroatoms. The minimum absolute atomic E-state index is 0.360. The first-order chi connectivity index (χ1) is 7.66. The second kappa shape index (κ2) is 4.54. The van der Waals surface area contributed by atoms with Crippen LogP contribution in [0, 0.1) is 0 Å². The quantitative estimate of drug-likeness (QED) is 0.873. The monoisotopic (exact) mass is 251 g/mol. The Labute approximate surface area is 101 Å². The van der Waals surface area contributed by atoms with E-state index in [0.717, 1.165) is 4.21 Å². The molecule has 0 aliphatic carbocycles. The second-order valence-corrected chi connectivity index (χ2v) is 5.26. The number of nitrogens with two attached hydrogens (primary N) is 2. The zero-order valence-electron chi connectivity index (χ0n) is 8.21. The summed E-state index contributed by atoms with van der Waals surface area (Å²) in [6, 6.07) is 5.44. The Morgan fingerprint density at radius 3 is 2.94 bits per heavy atom. The topological polar surface area (TPSA) is 82.0 Å². The number of nitrogen functional groups attached to an aromatic ring is 1. The molecule has 0 unspecified atom stereocenters. The fourth-order valence-electron chi connectivity index (χ4n) is 1.14. The molecule has 2 heterocycles. The average molecular weight is 251 g/mol. The van der Waals surface area contributed by atoms with Crippen LogP contribution in [0.5, 0.6) is 0 Å². The summed E-state index contributed by atoms with van der Waals surface area (Å²) in [7, 11) is 0. The highest BCUT2D eigenvalue weighted by atomic mass is 32.2. The first-order valence-corrected chi connectivity index (χ1v) is 6.13. The van der Waals surface area contributed by atoms with Crippen molar-refractivity contribution in [1.29, 1.82) is 0 Å². The van der Waals surface area contributed by atoms with E-state index < -0.39 is 5.91 Å². The molecule has 0 bridgehead atoms. The fourth-order valence-corrected chi connectivity index (χ4v) is 2.90. The summed E-state index contributed by atoms with van der Waals surface area (Å²) < 4.78 is 1.06. The lowest BCUT2D eigenvalue weighted by Gasteiger charge is -2.04. The first-order valence-electron chi connectivity index (χ1n) is 4.43. The molecular formula is C10H9N3OS2. The molecule has 0 atom stereocenters. The summed E-state index contributed by atoms with van der Waals surface area (Å²) in [6.07, 6.45) is 1.52. The van der Waals surface area contributed by atoms with Crippen molar-refractivity contribution in [2.45, 2.75) is 9.24 Å². The Kier molecular flexibility index (Phi) is 3.12. The van der Waals surface area contributed by atoms with Crippen molar-refractivity contribution in [2.24, 2.45) is 5.73 Å². The Balaban J connectivity index is 2.36. The molecule has 0 aliphatic rings. The molecule has 0 fully saturated rings. The average Bonchev–Trinajstić information content (AvgIpc) is 2.73. The van der Waals surface area contributed by atoms with Gasteiger partial charge in [-0.15, -0.1) is 11.3 Å². The van der Waals surface area contributed by atoms with E-state index in [1.165, 1.54) is 18.0 Å². The third-order valence-electron chi connectivity index (χ3n) is 1.83. The van der Waals surface area contributed by atoms with E-state index in [1.54, 1.807) is 17.4 Å². The summed E-state index contributed by atoms with van der Waals surface area (Å²) in [5.41, 5.74) is 11.6. The number of carbonyl (C=O) groups is 1. The van der Waals surface area contributed by atoms with Crippen LogP contribution >= 0.6 is 23.1 Å². The summed E-state index contributed by atoms with van der Waals surface area (Å²) in [4.78, 5) is 15.3. The van der Waals surface area contributed by atoms with Crippen LogP contribution in [0.2, 0.25) is 0 Å². The van der Waals surface area contributed by atoms with Gasteiger partial charge in [-0.1, -0.05) is 17.8 Å². The zero-order chi connectivity index (χ0) is 11.5. The van der Waals surface area contributed by atoms with E-state index in [0.29, 0.717) is 16.3 Å². The molecule has 0 radical (unpaired) electrons. The molecule has 0 spiro atoms. The van der Waals surface area contributed by atoms with Gasteiger partial charge < -0.3 is 11.5 Å². The third-order valence-corrected chi connectivity index (χ3v) is 3.89. The first kappa shape index (κ1) is 11.0. The van der Waals surface area contributed by atoms with Crippen LogP contribution in [0.25, 0.3) is 0 Å². The number of rotatable bonds is 3. The number of aromatic nitrogens is 1. The largest absolute Gasteiger partial charge is 0.397 e. The molecule has 0 aliphatic heterocycles. The summed E-state index contributed by atoms with van der Waals surface area (Å²) in [6.45, 7) is 0. The normalized spacial score (nSPS) is 10.2. The van der Waals surface area contributed by atoms with Gasteiger partial charge in [-0.2, -0.15) is 0 Å². The van der Waals surface area contributed by atoms with Crippen LogP contribution < -0.4 is 11.5 Å². The molecule has 2 aromatic heterocycles. The predicted molar refractivity (Wildman–Crippen MR) is 65.6 cm³/mol. The van der Waals surface area contributed by atoms with E-state index in [4.69, 9.17) is 11.5 Å². The number of hydrogen-bond acceptors (Lipinski definition) is 5.